The Kier molecular flexibility index (Phi) is 6.31. The fourth-order valence-electron chi connectivity index (χ4n) is 2.96. The molecule has 0 atom stereocenters. The van der Waals surface area contributed by atoms with Gasteiger partial charge in [-0.05, 0) is 30.4 Å². The number of amidine groups is 1. The van der Waals surface area contributed by atoms with Crippen molar-refractivity contribution >= 4 is 40.0 Å². The summed E-state index contributed by atoms with van der Waals surface area (Å²) in [4.78, 5) is 24.4. The molecule has 2 aliphatic heterocycles. The highest BCUT2D eigenvalue weighted by atomic mass is 32.1. The van der Waals surface area contributed by atoms with Crippen LogP contribution in [-0.4, -0.2) is 35.0 Å². The molecular formula is C22H20N4O5S. The predicted octanol–water partition coefficient (Wildman–Crippen LogP) is 2.40. The predicted molar refractivity (Wildman–Crippen MR) is 120 cm³/mol. The van der Waals surface area contributed by atoms with Gasteiger partial charge in [-0.2, -0.15) is 9.98 Å². The first-order valence-corrected chi connectivity index (χ1v) is 10.6. The molecule has 10 heteroatoms. The molecule has 4 rings (SSSR count). The number of rotatable bonds is 6. The molecule has 0 spiro atoms. The van der Waals surface area contributed by atoms with Crippen molar-refractivity contribution in [3.05, 3.63) is 69.8 Å². The van der Waals surface area contributed by atoms with Gasteiger partial charge in [0.15, 0.2) is 16.7 Å². The van der Waals surface area contributed by atoms with Gasteiger partial charge in [0.25, 0.3) is 0 Å². The molecule has 1 aromatic carbocycles. The Morgan fingerprint density at radius 3 is 3.00 bits per heavy atom. The lowest BCUT2D eigenvalue weighted by atomic mass is 10.1. The Labute approximate surface area is 187 Å². The molecular weight excluding hydrogens is 432 g/mol. The Morgan fingerprint density at radius 2 is 2.25 bits per heavy atom. The SMILES string of the molecule is CCOC1=CC(=NC(C)=O)N=c2cc/c(=C\c3sc(NCC4=COC=CO4)nc3O)cc21. The summed E-state index contributed by atoms with van der Waals surface area (Å²) in [6.45, 7) is 4.07. The second-order valence-corrected chi connectivity index (χ2v) is 7.66. The number of hydrogen-bond acceptors (Lipinski definition) is 8. The molecule has 0 radical (unpaired) electrons. The van der Waals surface area contributed by atoms with Crippen molar-refractivity contribution in [2.45, 2.75) is 13.8 Å². The maximum Gasteiger partial charge on any atom is 0.244 e. The van der Waals surface area contributed by atoms with E-state index in [2.05, 4.69) is 20.3 Å². The minimum Gasteiger partial charge on any atom is -0.493 e. The van der Waals surface area contributed by atoms with Crippen molar-refractivity contribution in [3.8, 4) is 5.88 Å². The fourth-order valence-corrected chi connectivity index (χ4v) is 3.78. The van der Waals surface area contributed by atoms with E-state index in [4.69, 9.17) is 14.2 Å². The highest BCUT2D eigenvalue weighted by molar-refractivity contribution is 7.16. The van der Waals surface area contributed by atoms with E-state index in [0.717, 1.165) is 10.8 Å². The van der Waals surface area contributed by atoms with Gasteiger partial charge in [-0.25, -0.2) is 4.99 Å². The van der Waals surface area contributed by atoms with Crippen LogP contribution in [0.25, 0.3) is 11.8 Å². The number of carbonyl (C=O) groups is 1. The van der Waals surface area contributed by atoms with Gasteiger partial charge < -0.3 is 24.6 Å². The average Bonchev–Trinajstić information content (AvgIpc) is 3.12. The van der Waals surface area contributed by atoms with Gasteiger partial charge in [-0.3, -0.25) is 4.79 Å². The smallest absolute Gasteiger partial charge is 0.244 e. The van der Waals surface area contributed by atoms with Crippen molar-refractivity contribution in [2.75, 3.05) is 18.5 Å². The molecule has 0 aliphatic carbocycles. The van der Waals surface area contributed by atoms with Crippen molar-refractivity contribution in [2.24, 2.45) is 9.98 Å². The zero-order valence-corrected chi connectivity index (χ0v) is 18.2. The van der Waals surface area contributed by atoms with Crippen molar-refractivity contribution < 1.29 is 24.1 Å². The normalized spacial score (nSPS) is 16.3. The second-order valence-electron chi connectivity index (χ2n) is 6.63. The van der Waals surface area contributed by atoms with Gasteiger partial charge >= 0.3 is 0 Å². The summed E-state index contributed by atoms with van der Waals surface area (Å²) in [6, 6.07) is 5.58. The first-order chi connectivity index (χ1) is 15.5. The number of aliphatic imine (C=N–C) groups is 1. The van der Waals surface area contributed by atoms with Gasteiger partial charge in [0, 0.05) is 18.6 Å². The van der Waals surface area contributed by atoms with Gasteiger partial charge in [0.05, 0.1) is 23.4 Å². The summed E-state index contributed by atoms with van der Waals surface area (Å²) in [5, 5.41) is 15.4. The molecule has 0 unspecified atom stereocenters. The van der Waals surface area contributed by atoms with Crippen LogP contribution in [-0.2, 0) is 19.0 Å². The molecule has 2 aliphatic rings. The van der Waals surface area contributed by atoms with Gasteiger partial charge in [0.1, 0.15) is 24.5 Å². The van der Waals surface area contributed by atoms with E-state index in [9.17, 15) is 9.90 Å². The molecule has 32 heavy (non-hydrogen) atoms. The third-order valence-electron chi connectivity index (χ3n) is 4.25. The standard InChI is InChI=1S/C22H20N4O5S/c1-3-30-18-10-20(24-13(2)27)25-17-5-4-14(8-16(17)18)9-19-21(28)26-22(32-19)23-11-15-12-29-6-7-31-15/h4-10,12,28H,3,11H2,1-2H3,(H,23,26)/b14-9+,24-20?. The lowest BCUT2D eigenvalue weighted by molar-refractivity contribution is -0.115. The van der Waals surface area contributed by atoms with Crippen LogP contribution >= 0.6 is 11.3 Å². The lowest BCUT2D eigenvalue weighted by Gasteiger charge is -2.13. The number of aromatic nitrogens is 1. The van der Waals surface area contributed by atoms with E-state index in [1.807, 2.05) is 31.2 Å². The molecule has 1 amide bonds. The van der Waals surface area contributed by atoms with Crippen LogP contribution in [0, 0.1) is 0 Å². The topological polar surface area (TPSA) is 115 Å². The van der Waals surface area contributed by atoms with E-state index in [1.54, 1.807) is 6.08 Å². The van der Waals surface area contributed by atoms with Crippen LogP contribution in [0.2, 0.25) is 0 Å². The third kappa shape index (κ3) is 5.03. The molecule has 0 bridgehead atoms. The first kappa shape index (κ1) is 21.3. The van der Waals surface area contributed by atoms with Crippen LogP contribution in [0.1, 0.15) is 24.3 Å². The number of amides is 1. The van der Waals surface area contributed by atoms with Gasteiger partial charge in [0.2, 0.25) is 11.8 Å². The number of anilines is 1. The highest BCUT2D eigenvalue weighted by Crippen LogP contribution is 2.29. The molecule has 3 heterocycles. The van der Waals surface area contributed by atoms with Crippen LogP contribution in [0.3, 0.4) is 0 Å². The summed E-state index contributed by atoms with van der Waals surface area (Å²) in [7, 11) is 0. The number of aromatic hydroxyl groups is 1. The third-order valence-corrected chi connectivity index (χ3v) is 5.20. The number of nitrogens with one attached hydrogen (secondary N) is 1. The molecule has 2 N–H and O–H groups in total. The van der Waals surface area contributed by atoms with E-state index < -0.39 is 0 Å². The van der Waals surface area contributed by atoms with Gasteiger partial charge in [-0.15, -0.1) is 0 Å². The van der Waals surface area contributed by atoms with Crippen molar-refractivity contribution in [1.29, 1.82) is 0 Å². The van der Waals surface area contributed by atoms with E-state index >= 15 is 0 Å². The summed E-state index contributed by atoms with van der Waals surface area (Å²) in [5.74, 6) is 1.07. The van der Waals surface area contributed by atoms with Crippen LogP contribution < -0.4 is 15.9 Å². The summed E-state index contributed by atoms with van der Waals surface area (Å²) >= 11 is 1.30. The fraction of sp³-hybridized carbons (Fsp3) is 0.182. The largest absolute Gasteiger partial charge is 0.493 e. The molecule has 2 aromatic rings. The average molecular weight is 452 g/mol. The van der Waals surface area contributed by atoms with E-state index in [-0.39, 0.29) is 11.8 Å². The first-order valence-electron chi connectivity index (χ1n) is 9.76. The van der Waals surface area contributed by atoms with E-state index in [0.29, 0.717) is 45.9 Å². The lowest BCUT2D eigenvalue weighted by Crippen LogP contribution is -2.21. The number of fused-ring (bicyclic) bond motifs is 1. The molecule has 0 fully saturated rings. The summed E-state index contributed by atoms with van der Waals surface area (Å²) in [6.07, 6.45) is 7.83. The monoisotopic (exact) mass is 452 g/mol. The minimum atomic E-state index is -0.329. The van der Waals surface area contributed by atoms with Crippen molar-refractivity contribution in [3.63, 3.8) is 0 Å². The Balaban J connectivity index is 1.61. The van der Waals surface area contributed by atoms with E-state index in [1.165, 1.54) is 37.0 Å². The Bertz CT molecular complexity index is 1290. The number of hydrogen-bond donors (Lipinski definition) is 2. The number of thiazole rings is 1. The number of nitrogens with zero attached hydrogens (tertiary/aromatic N) is 3. The summed E-state index contributed by atoms with van der Waals surface area (Å²) in [5.41, 5.74) is 0.778. The zero-order chi connectivity index (χ0) is 22.5. The number of carbonyl (C=O) groups excluding carboxylic acids is 1. The van der Waals surface area contributed by atoms with Gasteiger partial charge in [-0.1, -0.05) is 17.4 Å². The summed E-state index contributed by atoms with van der Waals surface area (Å²) < 4.78 is 16.1. The Morgan fingerprint density at radius 1 is 1.38 bits per heavy atom. The zero-order valence-electron chi connectivity index (χ0n) is 17.4. The number of benzene rings is 1. The Hall–Kier alpha value is -3.92. The molecule has 164 valence electrons. The maximum absolute atomic E-state index is 11.3. The van der Waals surface area contributed by atoms with Crippen LogP contribution in [0.15, 0.2) is 58.8 Å². The highest BCUT2D eigenvalue weighted by Gasteiger charge is 2.14. The van der Waals surface area contributed by atoms with Crippen LogP contribution in [0.4, 0.5) is 5.13 Å². The maximum atomic E-state index is 11.3. The molecule has 0 saturated heterocycles. The quantitative estimate of drug-likeness (QED) is 0.692. The van der Waals surface area contributed by atoms with Crippen LogP contribution in [0.5, 0.6) is 5.88 Å². The molecule has 9 nitrogen and oxygen atoms in total. The second kappa shape index (κ2) is 9.48. The number of ether oxygens (including phenoxy) is 3. The molecule has 1 aromatic heterocycles. The minimum absolute atomic E-state index is 0.0777. The molecule has 0 saturated carbocycles. The van der Waals surface area contributed by atoms with Crippen molar-refractivity contribution in [1.82, 2.24) is 4.98 Å².